The maximum absolute atomic E-state index is 9.52. The Hall–Kier alpha value is -2.54. The molecule has 0 amide bonds. The van der Waals surface area contributed by atoms with Crippen LogP contribution in [0.25, 0.3) is 11.1 Å². The molecule has 0 radical (unpaired) electrons. The van der Waals surface area contributed by atoms with Gasteiger partial charge in [-0.15, -0.1) is 0 Å². The van der Waals surface area contributed by atoms with Gasteiger partial charge in [0.15, 0.2) is 0 Å². The third-order valence-electron chi connectivity index (χ3n) is 3.38. The van der Waals surface area contributed by atoms with E-state index in [1.54, 1.807) is 12.1 Å². The van der Waals surface area contributed by atoms with Crippen molar-refractivity contribution in [2.45, 2.75) is 6.42 Å². The molecule has 0 atom stereocenters. The van der Waals surface area contributed by atoms with E-state index in [4.69, 9.17) is 0 Å². The molecule has 1 nitrogen and oxygen atoms in total. The first kappa shape index (κ1) is 12.5. The standard InChI is InChI=1S/C19H16O/c20-19-8-4-7-18(14-19)17-11-9-16(10-12-17)13-15-5-2-1-3-6-15/h1-12,14,20H,13H2. The molecular weight excluding hydrogens is 244 g/mol. The molecule has 0 aromatic heterocycles. The predicted molar refractivity (Wildman–Crippen MR) is 82.8 cm³/mol. The van der Waals surface area contributed by atoms with Gasteiger partial charge in [0.1, 0.15) is 5.75 Å². The van der Waals surface area contributed by atoms with E-state index in [0.29, 0.717) is 5.75 Å². The number of hydrogen-bond acceptors (Lipinski definition) is 1. The molecule has 1 N–H and O–H groups in total. The van der Waals surface area contributed by atoms with Crippen molar-refractivity contribution in [1.29, 1.82) is 0 Å². The molecule has 20 heavy (non-hydrogen) atoms. The molecule has 0 spiro atoms. The average Bonchev–Trinajstić information content (AvgIpc) is 2.49. The van der Waals surface area contributed by atoms with E-state index in [1.165, 1.54) is 11.1 Å². The van der Waals surface area contributed by atoms with Crippen LogP contribution in [0, 0.1) is 0 Å². The molecule has 3 rings (SSSR count). The second kappa shape index (κ2) is 5.62. The summed E-state index contributed by atoms with van der Waals surface area (Å²) in [5.74, 6) is 0.302. The number of hydrogen-bond donors (Lipinski definition) is 1. The lowest BCUT2D eigenvalue weighted by atomic mass is 10.0. The van der Waals surface area contributed by atoms with E-state index < -0.39 is 0 Å². The minimum absolute atomic E-state index is 0.302. The van der Waals surface area contributed by atoms with Crippen molar-refractivity contribution in [2.75, 3.05) is 0 Å². The molecule has 0 fully saturated rings. The van der Waals surface area contributed by atoms with Crippen molar-refractivity contribution in [3.05, 3.63) is 90.0 Å². The first-order valence-electron chi connectivity index (χ1n) is 6.73. The highest BCUT2D eigenvalue weighted by molar-refractivity contribution is 5.65. The van der Waals surface area contributed by atoms with Crippen molar-refractivity contribution in [2.24, 2.45) is 0 Å². The zero-order chi connectivity index (χ0) is 13.8. The summed E-state index contributed by atoms with van der Waals surface area (Å²) in [5.41, 5.74) is 4.77. The summed E-state index contributed by atoms with van der Waals surface area (Å²) in [7, 11) is 0. The Kier molecular flexibility index (Phi) is 3.51. The summed E-state index contributed by atoms with van der Waals surface area (Å²) < 4.78 is 0. The van der Waals surface area contributed by atoms with Crippen LogP contribution in [0.1, 0.15) is 11.1 Å². The average molecular weight is 260 g/mol. The van der Waals surface area contributed by atoms with E-state index in [9.17, 15) is 5.11 Å². The van der Waals surface area contributed by atoms with Gasteiger partial charge in [-0.1, -0.05) is 66.7 Å². The number of benzene rings is 3. The summed E-state index contributed by atoms with van der Waals surface area (Å²) in [5, 5.41) is 9.52. The molecule has 0 unspecified atom stereocenters. The Balaban J connectivity index is 1.81. The molecule has 98 valence electrons. The van der Waals surface area contributed by atoms with E-state index in [1.807, 2.05) is 18.2 Å². The van der Waals surface area contributed by atoms with Crippen LogP contribution in [-0.2, 0) is 6.42 Å². The van der Waals surface area contributed by atoms with E-state index in [0.717, 1.165) is 17.5 Å². The molecule has 0 saturated heterocycles. The number of rotatable bonds is 3. The molecule has 3 aromatic carbocycles. The highest BCUT2D eigenvalue weighted by Crippen LogP contribution is 2.23. The van der Waals surface area contributed by atoms with Gasteiger partial charge in [-0.05, 0) is 40.8 Å². The van der Waals surface area contributed by atoms with Gasteiger partial charge in [-0.2, -0.15) is 0 Å². The lowest BCUT2D eigenvalue weighted by Crippen LogP contribution is -1.87. The molecule has 1 heteroatoms. The zero-order valence-electron chi connectivity index (χ0n) is 11.2. The fraction of sp³-hybridized carbons (Fsp3) is 0.0526. The molecule has 0 heterocycles. The van der Waals surface area contributed by atoms with Crippen LogP contribution in [0.2, 0.25) is 0 Å². The van der Waals surface area contributed by atoms with Crippen molar-refractivity contribution in [3.63, 3.8) is 0 Å². The van der Waals surface area contributed by atoms with Crippen molar-refractivity contribution >= 4 is 0 Å². The second-order valence-corrected chi connectivity index (χ2v) is 4.91. The fourth-order valence-electron chi connectivity index (χ4n) is 2.33. The topological polar surface area (TPSA) is 20.2 Å². The summed E-state index contributed by atoms with van der Waals surface area (Å²) in [4.78, 5) is 0. The third-order valence-corrected chi connectivity index (χ3v) is 3.38. The van der Waals surface area contributed by atoms with Crippen LogP contribution in [0.4, 0.5) is 0 Å². The third kappa shape index (κ3) is 2.89. The van der Waals surface area contributed by atoms with Crippen molar-refractivity contribution in [3.8, 4) is 16.9 Å². The predicted octanol–water partition coefficient (Wildman–Crippen LogP) is 4.65. The van der Waals surface area contributed by atoms with Gasteiger partial charge < -0.3 is 5.11 Å². The maximum atomic E-state index is 9.52. The van der Waals surface area contributed by atoms with Crippen molar-refractivity contribution < 1.29 is 5.11 Å². The second-order valence-electron chi connectivity index (χ2n) is 4.91. The lowest BCUT2D eigenvalue weighted by Gasteiger charge is -2.05. The van der Waals surface area contributed by atoms with E-state index in [2.05, 4.69) is 48.5 Å². The van der Waals surface area contributed by atoms with Crippen LogP contribution in [0.5, 0.6) is 5.75 Å². The van der Waals surface area contributed by atoms with E-state index in [-0.39, 0.29) is 0 Å². The largest absolute Gasteiger partial charge is 0.508 e. The fourth-order valence-corrected chi connectivity index (χ4v) is 2.33. The monoisotopic (exact) mass is 260 g/mol. The lowest BCUT2D eigenvalue weighted by molar-refractivity contribution is 0.475. The Labute approximate surface area is 119 Å². The SMILES string of the molecule is Oc1cccc(-c2ccc(Cc3ccccc3)cc2)c1. The number of aromatic hydroxyl groups is 1. The van der Waals surface area contributed by atoms with Gasteiger partial charge in [0.2, 0.25) is 0 Å². The van der Waals surface area contributed by atoms with Gasteiger partial charge in [0, 0.05) is 0 Å². The normalized spacial score (nSPS) is 10.4. The summed E-state index contributed by atoms with van der Waals surface area (Å²) >= 11 is 0. The van der Waals surface area contributed by atoms with E-state index >= 15 is 0 Å². The molecule has 0 aliphatic heterocycles. The Morgan fingerprint density at radius 3 is 2.00 bits per heavy atom. The summed E-state index contributed by atoms with van der Waals surface area (Å²) in [6.45, 7) is 0. The molecule has 0 aliphatic carbocycles. The van der Waals surface area contributed by atoms with Gasteiger partial charge in [0.25, 0.3) is 0 Å². The summed E-state index contributed by atoms with van der Waals surface area (Å²) in [6, 6.07) is 26.3. The number of phenols is 1. The highest BCUT2D eigenvalue weighted by Gasteiger charge is 2.00. The van der Waals surface area contributed by atoms with Crippen LogP contribution in [0.3, 0.4) is 0 Å². The quantitative estimate of drug-likeness (QED) is 0.726. The van der Waals surface area contributed by atoms with Gasteiger partial charge in [0.05, 0.1) is 0 Å². The molecular formula is C19H16O. The minimum Gasteiger partial charge on any atom is -0.508 e. The van der Waals surface area contributed by atoms with Gasteiger partial charge in [-0.3, -0.25) is 0 Å². The molecule has 0 saturated carbocycles. The number of phenolic OH excluding ortho intramolecular Hbond substituents is 1. The van der Waals surface area contributed by atoms with Crippen LogP contribution >= 0.6 is 0 Å². The first-order chi connectivity index (χ1) is 9.81. The Morgan fingerprint density at radius 1 is 0.600 bits per heavy atom. The highest BCUT2D eigenvalue weighted by atomic mass is 16.3. The van der Waals surface area contributed by atoms with Crippen LogP contribution < -0.4 is 0 Å². The van der Waals surface area contributed by atoms with Crippen LogP contribution in [-0.4, -0.2) is 5.11 Å². The van der Waals surface area contributed by atoms with Gasteiger partial charge >= 0.3 is 0 Å². The maximum Gasteiger partial charge on any atom is 0.116 e. The minimum atomic E-state index is 0.302. The Bertz CT molecular complexity index is 684. The molecule has 3 aromatic rings. The molecule has 0 bridgehead atoms. The van der Waals surface area contributed by atoms with Crippen molar-refractivity contribution in [1.82, 2.24) is 0 Å². The zero-order valence-corrected chi connectivity index (χ0v) is 11.2. The van der Waals surface area contributed by atoms with Crippen LogP contribution in [0.15, 0.2) is 78.9 Å². The van der Waals surface area contributed by atoms with Gasteiger partial charge in [-0.25, -0.2) is 0 Å². The molecule has 0 aliphatic rings. The Morgan fingerprint density at radius 2 is 1.30 bits per heavy atom. The summed E-state index contributed by atoms with van der Waals surface area (Å²) in [6.07, 6.45) is 0.946. The first-order valence-corrected chi connectivity index (χ1v) is 6.73. The smallest absolute Gasteiger partial charge is 0.116 e.